The molecule has 3 rings (SSSR count). The summed E-state index contributed by atoms with van der Waals surface area (Å²) in [6.45, 7) is 2.97. The second-order valence-corrected chi connectivity index (χ2v) is 9.14. The number of rotatable bonds is 10. The Kier molecular flexibility index (Phi) is 9.76. The molecule has 0 aliphatic heterocycles. The Morgan fingerprint density at radius 2 is 1.66 bits per heavy atom. The number of hydrogen-bond donors (Lipinski definition) is 1. The highest BCUT2D eigenvalue weighted by molar-refractivity contribution is 9.10. The van der Waals surface area contributed by atoms with Crippen LogP contribution in [0.4, 0.5) is 0 Å². The van der Waals surface area contributed by atoms with Crippen molar-refractivity contribution in [2.45, 2.75) is 20.1 Å². The summed E-state index contributed by atoms with van der Waals surface area (Å²) in [5, 5.41) is 12.4. The van der Waals surface area contributed by atoms with Gasteiger partial charge in [0.2, 0.25) is 0 Å². The smallest absolute Gasteiger partial charge is 0.262 e. The lowest BCUT2D eigenvalue weighted by Gasteiger charge is -2.14. The fourth-order valence-corrected chi connectivity index (χ4v) is 3.81. The fourth-order valence-electron chi connectivity index (χ4n) is 3.11. The van der Waals surface area contributed by atoms with Crippen LogP contribution in [0.2, 0.25) is 0 Å². The molecule has 0 heterocycles. The van der Waals surface area contributed by atoms with Crippen LogP contribution in [0.5, 0.6) is 17.2 Å². The minimum atomic E-state index is -0.469. The van der Waals surface area contributed by atoms with Gasteiger partial charge in [-0.25, -0.2) is 0 Å². The molecule has 0 saturated heterocycles. The molecule has 0 radical (unpaired) electrons. The van der Waals surface area contributed by atoms with Gasteiger partial charge < -0.3 is 19.5 Å². The van der Waals surface area contributed by atoms with Gasteiger partial charge in [0.05, 0.1) is 13.7 Å². The Balaban J connectivity index is 1.75. The van der Waals surface area contributed by atoms with E-state index in [-0.39, 0.29) is 12.1 Å². The van der Waals surface area contributed by atoms with E-state index in [1.54, 1.807) is 19.2 Å². The maximum Gasteiger partial charge on any atom is 0.262 e. The van der Waals surface area contributed by atoms with E-state index in [9.17, 15) is 10.1 Å². The molecule has 6 nitrogen and oxygen atoms in total. The first-order valence-corrected chi connectivity index (χ1v) is 12.4. The number of carbonyl (C=O) groups excluding carboxylic acids is 1. The second kappa shape index (κ2) is 13.0. The van der Waals surface area contributed by atoms with Crippen LogP contribution in [0.25, 0.3) is 6.08 Å². The summed E-state index contributed by atoms with van der Waals surface area (Å²) >= 11 is 6.95. The van der Waals surface area contributed by atoms with Crippen molar-refractivity contribution >= 4 is 43.8 Å². The molecule has 0 fully saturated rings. The van der Waals surface area contributed by atoms with E-state index >= 15 is 0 Å². The molecule has 0 atom stereocenters. The molecular weight excluding hydrogens is 576 g/mol. The molecule has 0 aliphatic carbocycles. The summed E-state index contributed by atoms with van der Waals surface area (Å²) in [7, 11) is 1.59. The third-order valence-electron chi connectivity index (χ3n) is 4.95. The number of methoxy groups -OCH3 is 1. The first-order valence-electron chi connectivity index (χ1n) is 10.8. The normalized spacial score (nSPS) is 10.9. The molecule has 35 heavy (non-hydrogen) atoms. The van der Waals surface area contributed by atoms with Crippen molar-refractivity contribution < 1.29 is 19.0 Å². The van der Waals surface area contributed by atoms with E-state index in [2.05, 4.69) is 37.2 Å². The summed E-state index contributed by atoms with van der Waals surface area (Å²) < 4.78 is 18.6. The monoisotopic (exact) mass is 598 g/mol. The van der Waals surface area contributed by atoms with Gasteiger partial charge >= 0.3 is 0 Å². The zero-order valence-corrected chi connectivity index (χ0v) is 22.5. The topological polar surface area (TPSA) is 80.6 Å². The van der Waals surface area contributed by atoms with Gasteiger partial charge in [0, 0.05) is 15.5 Å². The molecule has 0 aliphatic rings. The van der Waals surface area contributed by atoms with Gasteiger partial charge in [-0.15, -0.1) is 0 Å². The van der Waals surface area contributed by atoms with Crippen molar-refractivity contribution in [1.29, 1.82) is 5.26 Å². The molecule has 3 aromatic carbocycles. The molecule has 1 N–H and O–H groups in total. The standard InChI is InChI=1S/C27H24Br2N2O4/c1-3-34-25-13-20(24(29)14-26(25)35-17-19-4-8-22(28)9-5-19)12-21(15-30)27(32)31-16-18-6-10-23(33-2)11-7-18/h4-14H,3,16-17H2,1-2H3,(H,31,32)/b21-12-. The number of nitriles is 1. The van der Waals surface area contributed by atoms with Crippen LogP contribution >= 0.6 is 31.9 Å². The lowest BCUT2D eigenvalue weighted by Crippen LogP contribution is -2.23. The predicted octanol–water partition coefficient (Wildman–Crippen LogP) is 6.42. The van der Waals surface area contributed by atoms with Crippen LogP contribution in [0.15, 0.2) is 75.2 Å². The van der Waals surface area contributed by atoms with Gasteiger partial charge in [-0.3, -0.25) is 4.79 Å². The van der Waals surface area contributed by atoms with Crippen LogP contribution in [-0.2, 0) is 17.9 Å². The van der Waals surface area contributed by atoms with Gasteiger partial charge in [-0.2, -0.15) is 5.26 Å². The van der Waals surface area contributed by atoms with E-state index in [1.807, 2.05) is 61.5 Å². The Morgan fingerprint density at radius 1 is 1.00 bits per heavy atom. The third kappa shape index (κ3) is 7.61. The maximum absolute atomic E-state index is 12.6. The van der Waals surface area contributed by atoms with Crippen molar-refractivity contribution in [1.82, 2.24) is 5.32 Å². The number of ether oxygens (including phenoxy) is 3. The Hall–Kier alpha value is -3.28. The van der Waals surface area contributed by atoms with Crippen LogP contribution in [0.3, 0.4) is 0 Å². The minimum Gasteiger partial charge on any atom is -0.497 e. The summed E-state index contributed by atoms with van der Waals surface area (Å²) in [4.78, 5) is 12.6. The van der Waals surface area contributed by atoms with Crippen LogP contribution in [-0.4, -0.2) is 19.6 Å². The fraction of sp³-hybridized carbons (Fsp3) is 0.185. The zero-order valence-electron chi connectivity index (χ0n) is 19.3. The molecule has 0 saturated carbocycles. The van der Waals surface area contributed by atoms with E-state index in [0.29, 0.717) is 34.7 Å². The molecule has 180 valence electrons. The Bertz CT molecular complexity index is 1230. The van der Waals surface area contributed by atoms with Gasteiger partial charge in [-0.1, -0.05) is 56.1 Å². The first kappa shape index (κ1) is 26.3. The molecule has 0 spiro atoms. The number of nitrogens with one attached hydrogen (secondary N) is 1. The zero-order chi connectivity index (χ0) is 25.2. The molecule has 0 unspecified atom stereocenters. The SMILES string of the molecule is CCOc1cc(/C=C(/C#N)C(=O)NCc2ccc(OC)cc2)c(Br)cc1OCc1ccc(Br)cc1. The Labute approximate surface area is 221 Å². The molecule has 8 heteroatoms. The largest absolute Gasteiger partial charge is 0.497 e. The summed E-state index contributed by atoms with van der Waals surface area (Å²) in [6.07, 6.45) is 1.52. The molecule has 1 amide bonds. The van der Waals surface area contributed by atoms with Gasteiger partial charge in [-0.05, 0) is 66.1 Å². The van der Waals surface area contributed by atoms with Gasteiger partial charge in [0.1, 0.15) is 24.0 Å². The number of amides is 1. The highest BCUT2D eigenvalue weighted by Gasteiger charge is 2.14. The molecule has 0 bridgehead atoms. The van der Waals surface area contributed by atoms with Crippen LogP contribution in [0.1, 0.15) is 23.6 Å². The lowest BCUT2D eigenvalue weighted by atomic mass is 10.1. The molecule has 0 aromatic heterocycles. The van der Waals surface area contributed by atoms with E-state index in [4.69, 9.17) is 14.2 Å². The number of carbonyl (C=O) groups is 1. The quantitative estimate of drug-likeness (QED) is 0.215. The number of benzene rings is 3. The second-order valence-electron chi connectivity index (χ2n) is 7.37. The highest BCUT2D eigenvalue weighted by atomic mass is 79.9. The predicted molar refractivity (Wildman–Crippen MR) is 142 cm³/mol. The van der Waals surface area contributed by atoms with Gasteiger partial charge in [0.25, 0.3) is 5.91 Å². The maximum atomic E-state index is 12.6. The van der Waals surface area contributed by atoms with Crippen molar-refractivity contribution in [3.8, 4) is 23.3 Å². The number of nitrogens with zero attached hydrogens (tertiary/aromatic N) is 1. The van der Waals surface area contributed by atoms with Crippen molar-refractivity contribution in [2.24, 2.45) is 0 Å². The molecule has 3 aromatic rings. The lowest BCUT2D eigenvalue weighted by molar-refractivity contribution is -0.117. The van der Waals surface area contributed by atoms with E-state index in [1.165, 1.54) is 6.08 Å². The third-order valence-corrected chi connectivity index (χ3v) is 6.16. The van der Waals surface area contributed by atoms with Crippen LogP contribution < -0.4 is 19.5 Å². The highest BCUT2D eigenvalue weighted by Crippen LogP contribution is 2.35. The van der Waals surface area contributed by atoms with E-state index < -0.39 is 5.91 Å². The van der Waals surface area contributed by atoms with E-state index in [0.717, 1.165) is 21.3 Å². The molecular formula is C27H24Br2N2O4. The first-order chi connectivity index (χ1) is 16.9. The average Bonchev–Trinajstić information content (AvgIpc) is 2.87. The summed E-state index contributed by atoms with van der Waals surface area (Å²) in [5.41, 5.74) is 2.50. The number of halogens is 2. The summed E-state index contributed by atoms with van der Waals surface area (Å²) in [6, 6.07) is 20.7. The van der Waals surface area contributed by atoms with Gasteiger partial charge in [0.15, 0.2) is 11.5 Å². The number of hydrogen-bond acceptors (Lipinski definition) is 5. The van der Waals surface area contributed by atoms with Crippen molar-refractivity contribution in [2.75, 3.05) is 13.7 Å². The minimum absolute atomic E-state index is 0.0230. The van der Waals surface area contributed by atoms with Crippen LogP contribution in [0, 0.1) is 11.3 Å². The Morgan fingerprint density at radius 3 is 2.29 bits per heavy atom. The summed E-state index contributed by atoms with van der Waals surface area (Å²) in [5.74, 6) is 1.34. The van der Waals surface area contributed by atoms with Crippen molar-refractivity contribution in [3.63, 3.8) is 0 Å². The van der Waals surface area contributed by atoms with Crippen molar-refractivity contribution in [3.05, 3.63) is 91.9 Å². The average molecular weight is 600 g/mol.